The van der Waals surface area contributed by atoms with E-state index in [0.717, 1.165) is 42.3 Å². The first-order valence-corrected chi connectivity index (χ1v) is 9.63. The van der Waals surface area contributed by atoms with Gasteiger partial charge >= 0.3 is 0 Å². The van der Waals surface area contributed by atoms with Gasteiger partial charge in [-0.1, -0.05) is 25.8 Å². The maximum atomic E-state index is 6.29. The average Bonchev–Trinajstić information content (AvgIpc) is 2.54. The van der Waals surface area contributed by atoms with Gasteiger partial charge in [0.05, 0.1) is 5.69 Å². The SMILES string of the molecule is CCCCc1ccc(N2C(N)=NC(N)=NC23CCCCC3)c(Br)c1. The van der Waals surface area contributed by atoms with Gasteiger partial charge in [-0.2, -0.15) is 4.99 Å². The highest BCUT2D eigenvalue weighted by Gasteiger charge is 2.43. The molecule has 0 unspecified atom stereocenters. The zero-order chi connectivity index (χ0) is 17.2. The maximum Gasteiger partial charge on any atom is 0.220 e. The standard InChI is InChI=1S/C18H26BrN5/c1-2-3-7-13-8-9-15(14(19)12-13)24-17(21)22-16(20)23-18(24)10-5-4-6-11-18/h8-9,12H,2-7,10-11H2,1H3,(H4,20,21,22,23). The van der Waals surface area contributed by atoms with Gasteiger partial charge in [0.25, 0.3) is 0 Å². The van der Waals surface area contributed by atoms with Crippen LogP contribution in [0.4, 0.5) is 5.69 Å². The van der Waals surface area contributed by atoms with Gasteiger partial charge < -0.3 is 11.5 Å². The lowest BCUT2D eigenvalue weighted by Gasteiger charge is -2.46. The normalized spacial score (nSPS) is 20.0. The molecule has 130 valence electrons. The predicted octanol–water partition coefficient (Wildman–Crippen LogP) is 3.90. The van der Waals surface area contributed by atoms with Crippen molar-refractivity contribution in [2.45, 2.75) is 64.0 Å². The Bertz CT molecular complexity index is 661. The van der Waals surface area contributed by atoms with Crippen LogP contribution in [0.15, 0.2) is 32.7 Å². The third-order valence-electron chi connectivity index (χ3n) is 4.92. The van der Waals surface area contributed by atoms with E-state index in [2.05, 4.69) is 50.9 Å². The van der Waals surface area contributed by atoms with Crippen molar-refractivity contribution < 1.29 is 0 Å². The molecule has 0 radical (unpaired) electrons. The topological polar surface area (TPSA) is 80.0 Å². The fourth-order valence-electron chi connectivity index (χ4n) is 3.74. The number of nitrogens with two attached hydrogens (primary N) is 2. The number of unbranched alkanes of at least 4 members (excludes halogenated alkanes) is 1. The Morgan fingerprint density at radius 1 is 1.21 bits per heavy atom. The van der Waals surface area contributed by atoms with E-state index in [9.17, 15) is 0 Å². The number of guanidine groups is 2. The van der Waals surface area contributed by atoms with Crippen molar-refractivity contribution in [1.82, 2.24) is 0 Å². The summed E-state index contributed by atoms with van der Waals surface area (Å²) < 4.78 is 1.04. The molecule has 1 spiro atoms. The van der Waals surface area contributed by atoms with Gasteiger partial charge in [-0.05, 0) is 72.2 Å². The summed E-state index contributed by atoms with van der Waals surface area (Å²) in [6.45, 7) is 2.21. The Morgan fingerprint density at radius 3 is 2.62 bits per heavy atom. The van der Waals surface area contributed by atoms with Crippen LogP contribution in [0.2, 0.25) is 0 Å². The first-order valence-electron chi connectivity index (χ1n) is 8.84. The molecule has 1 saturated carbocycles. The highest BCUT2D eigenvalue weighted by atomic mass is 79.9. The van der Waals surface area contributed by atoms with E-state index in [1.165, 1.54) is 24.8 Å². The van der Waals surface area contributed by atoms with Crippen LogP contribution in [-0.2, 0) is 6.42 Å². The van der Waals surface area contributed by atoms with E-state index >= 15 is 0 Å². The average molecular weight is 392 g/mol. The van der Waals surface area contributed by atoms with Crippen molar-refractivity contribution in [3.05, 3.63) is 28.2 Å². The molecule has 3 rings (SSSR count). The number of aliphatic imine (C=N–C) groups is 2. The van der Waals surface area contributed by atoms with E-state index in [1.54, 1.807) is 0 Å². The molecule has 5 nitrogen and oxygen atoms in total. The summed E-state index contributed by atoms with van der Waals surface area (Å²) in [7, 11) is 0. The van der Waals surface area contributed by atoms with Crippen molar-refractivity contribution in [3.8, 4) is 0 Å². The number of rotatable bonds is 4. The van der Waals surface area contributed by atoms with E-state index in [1.807, 2.05) is 0 Å². The molecular weight excluding hydrogens is 366 g/mol. The summed E-state index contributed by atoms with van der Waals surface area (Å²) in [6, 6.07) is 6.50. The molecule has 0 aromatic heterocycles. The molecule has 0 amide bonds. The summed E-state index contributed by atoms with van der Waals surface area (Å²) in [6.07, 6.45) is 8.89. The molecule has 2 aliphatic rings. The highest BCUT2D eigenvalue weighted by molar-refractivity contribution is 9.10. The van der Waals surface area contributed by atoms with Gasteiger partial charge in [0.1, 0.15) is 5.66 Å². The summed E-state index contributed by atoms with van der Waals surface area (Å²) in [4.78, 5) is 11.0. The quantitative estimate of drug-likeness (QED) is 0.816. The first kappa shape index (κ1) is 17.3. The number of halogens is 1. The molecule has 1 aromatic carbocycles. The fourth-order valence-corrected chi connectivity index (χ4v) is 4.34. The molecular formula is C18H26BrN5. The van der Waals surface area contributed by atoms with Crippen molar-refractivity contribution in [3.63, 3.8) is 0 Å². The second kappa shape index (κ2) is 7.13. The van der Waals surface area contributed by atoms with Gasteiger partial charge in [0.2, 0.25) is 11.9 Å². The van der Waals surface area contributed by atoms with Gasteiger partial charge in [-0.3, -0.25) is 4.90 Å². The van der Waals surface area contributed by atoms with E-state index in [-0.39, 0.29) is 5.66 Å². The molecule has 4 N–H and O–H groups in total. The lowest BCUT2D eigenvalue weighted by molar-refractivity contribution is 0.305. The van der Waals surface area contributed by atoms with Crippen molar-refractivity contribution in [1.29, 1.82) is 0 Å². The molecule has 1 aromatic rings. The summed E-state index contributed by atoms with van der Waals surface area (Å²) in [5.74, 6) is 0.729. The molecule has 1 aliphatic carbocycles. The largest absolute Gasteiger partial charge is 0.369 e. The molecule has 0 saturated heterocycles. The third kappa shape index (κ3) is 3.29. The second-order valence-corrected chi connectivity index (χ2v) is 7.56. The lowest BCUT2D eigenvalue weighted by atomic mass is 9.87. The Hall–Kier alpha value is -1.56. The number of nitrogens with zero attached hydrogens (tertiary/aromatic N) is 3. The zero-order valence-corrected chi connectivity index (χ0v) is 15.8. The Balaban J connectivity index is 1.98. The van der Waals surface area contributed by atoms with Crippen LogP contribution in [0.3, 0.4) is 0 Å². The van der Waals surface area contributed by atoms with Crippen LogP contribution in [0.25, 0.3) is 0 Å². The smallest absolute Gasteiger partial charge is 0.220 e. The molecule has 24 heavy (non-hydrogen) atoms. The van der Waals surface area contributed by atoms with Crippen LogP contribution in [0.5, 0.6) is 0 Å². The minimum Gasteiger partial charge on any atom is -0.369 e. The van der Waals surface area contributed by atoms with Crippen molar-refractivity contribution in [2.75, 3.05) is 4.90 Å². The minimum absolute atomic E-state index is 0.293. The fraction of sp³-hybridized carbons (Fsp3) is 0.556. The Kier molecular flexibility index (Phi) is 5.13. The van der Waals surface area contributed by atoms with Gasteiger partial charge in [-0.15, -0.1) is 0 Å². The molecule has 6 heteroatoms. The van der Waals surface area contributed by atoms with Gasteiger partial charge in [0, 0.05) is 4.47 Å². The molecule has 1 heterocycles. The number of benzene rings is 1. The summed E-state index contributed by atoms with van der Waals surface area (Å²) in [5.41, 5.74) is 14.2. The molecule has 1 aliphatic heterocycles. The Morgan fingerprint density at radius 2 is 1.96 bits per heavy atom. The molecule has 0 atom stereocenters. The van der Waals surface area contributed by atoms with Crippen LogP contribution >= 0.6 is 15.9 Å². The summed E-state index contributed by atoms with van der Waals surface area (Å²) in [5, 5.41) is 0. The number of aryl methyl sites for hydroxylation is 1. The lowest BCUT2D eigenvalue weighted by Crippen LogP contribution is -2.58. The number of hydrogen-bond donors (Lipinski definition) is 2. The predicted molar refractivity (Wildman–Crippen MR) is 104 cm³/mol. The third-order valence-corrected chi connectivity index (χ3v) is 5.56. The number of hydrogen-bond acceptors (Lipinski definition) is 5. The van der Waals surface area contributed by atoms with Crippen LogP contribution in [0.1, 0.15) is 57.4 Å². The number of anilines is 1. The molecule has 1 fully saturated rings. The van der Waals surface area contributed by atoms with Crippen LogP contribution in [-0.4, -0.2) is 17.6 Å². The van der Waals surface area contributed by atoms with Gasteiger partial charge in [0.15, 0.2) is 0 Å². The first-order chi connectivity index (χ1) is 11.6. The summed E-state index contributed by atoms with van der Waals surface area (Å²) >= 11 is 3.74. The van der Waals surface area contributed by atoms with Crippen molar-refractivity contribution >= 4 is 33.5 Å². The zero-order valence-electron chi connectivity index (χ0n) is 14.3. The molecule has 0 bridgehead atoms. The van der Waals surface area contributed by atoms with Crippen LogP contribution < -0.4 is 16.4 Å². The Labute approximate surface area is 152 Å². The maximum absolute atomic E-state index is 6.29. The second-order valence-electron chi connectivity index (χ2n) is 6.71. The van der Waals surface area contributed by atoms with Gasteiger partial charge in [-0.25, -0.2) is 4.99 Å². The van der Waals surface area contributed by atoms with E-state index < -0.39 is 0 Å². The minimum atomic E-state index is -0.387. The van der Waals surface area contributed by atoms with E-state index in [0.29, 0.717) is 11.9 Å². The van der Waals surface area contributed by atoms with E-state index in [4.69, 9.17) is 16.5 Å². The highest BCUT2D eigenvalue weighted by Crippen LogP contribution is 2.42. The van der Waals surface area contributed by atoms with Crippen molar-refractivity contribution in [2.24, 2.45) is 21.5 Å². The van der Waals surface area contributed by atoms with Crippen LogP contribution in [0, 0.1) is 0 Å². The monoisotopic (exact) mass is 391 g/mol.